The van der Waals surface area contributed by atoms with E-state index in [0.717, 1.165) is 12.1 Å². The van der Waals surface area contributed by atoms with Gasteiger partial charge in [0, 0.05) is 17.2 Å². The Morgan fingerprint density at radius 1 is 0.964 bits per heavy atom. The normalized spacial score (nSPS) is 18.8. The van der Waals surface area contributed by atoms with Gasteiger partial charge in [-0.15, -0.1) is 0 Å². The second kappa shape index (κ2) is 6.05. The number of fused-ring (bicyclic) bond motifs is 1. The number of oxazole rings is 1. The van der Waals surface area contributed by atoms with Crippen LogP contribution in [-0.2, 0) is 15.5 Å². The Balaban J connectivity index is 1.64. The molecule has 0 saturated carbocycles. The molecule has 0 aliphatic carbocycles. The highest BCUT2D eigenvalue weighted by Gasteiger charge is 2.51. The summed E-state index contributed by atoms with van der Waals surface area (Å²) in [6.45, 7) is 7.82. The van der Waals surface area contributed by atoms with E-state index in [9.17, 15) is 13.2 Å². The van der Waals surface area contributed by atoms with Crippen LogP contribution in [0.4, 0.5) is 13.2 Å². The number of hydrogen-bond donors (Lipinski definition) is 0. The first kappa shape index (κ1) is 19.0. The molecule has 1 fully saturated rings. The number of rotatable bonds is 2. The maximum Gasteiger partial charge on any atom is 0.496 e. The Bertz CT molecular complexity index is 1010. The average molecular weight is 390 g/mol. The van der Waals surface area contributed by atoms with Crippen LogP contribution in [0.25, 0.3) is 22.7 Å². The monoisotopic (exact) mass is 390 g/mol. The van der Waals surface area contributed by atoms with Gasteiger partial charge in [0.25, 0.3) is 0 Å². The maximum atomic E-state index is 12.7. The van der Waals surface area contributed by atoms with Crippen LogP contribution in [0.2, 0.25) is 0 Å². The van der Waals surface area contributed by atoms with Gasteiger partial charge in [0.2, 0.25) is 11.6 Å². The molecule has 0 N–H and O–H groups in total. The lowest BCUT2D eigenvalue weighted by Gasteiger charge is -2.32. The number of aromatic nitrogens is 2. The fourth-order valence-electron chi connectivity index (χ4n) is 2.87. The molecule has 0 amide bonds. The van der Waals surface area contributed by atoms with Crippen molar-refractivity contribution >= 4 is 23.8 Å². The second-order valence-corrected chi connectivity index (χ2v) is 7.78. The van der Waals surface area contributed by atoms with Gasteiger partial charge in [-0.25, -0.2) is 9.97 Å². The van der Waals surface area contributed by atoms with E-state index in [2.05, 4.69) is 9.97 Å². The smallest absolute Gasteiger partial charge is 0.418 e. The average Bonchev–Trinajstić information content (AvgIpc) is 3.11. The standard InChI is InChI=1S/C19H18BF3N2O3/c1-17(2)18(3,4)28-20(27-17)13-9-14-16(24-10-13)26-15(25-14)11-5-7-12(8-6-11)19(21,22)23/h5-10H,1-4H3. The summed E-state index contributed by atoms with van der Waals surface area (Å²) in [6.07, 6.45) is -2.80. The lowest BCUT2D eigenvalue weighted by atomic mass is 9.80. The first-order valence-electron chi connectivity index (χ1n) is 8.76. The van der Waals surface area contributed by atoms with Gasteiger partial charge in [0.15, 0.2) is 0 Å². The Morgan fingerprint density at radius 2 is 1.57 bits per heavy atom. The van der Waals surface area contributed by atoms with E-state index >= 15 is 0 Å². The summed E-state index contributed by atoms with van der Waals surface area (Å²) in [6, 6.07) is 6.38. The number of pyridine rings is 1. The highest BCUT2D eigenvalue weighted by atomic mass is 19.4. The van der Waals surface area contributed by atoms with Crippen LogP contribution < -0.4 is 5.46 Å². The van der Waals surface area contributed by atoms with Gasteiger partial charge in [0.05, 0.1) is 16.8 Å². The van der Waals surface area contributed by atoms with Crippen molar-refractivity contribution in [1.82, 2.24) is 9.97 Å². The van der Waals surface area contributed by atoms with Crippen LogP contribution in [0.5, 0.6) is 0 Å². The quantitative estimate of drug-likeness (QED) is 0.614. The molecule has 3 aromatic rings. The molecule has 3 heterocycles. The number of hydrogen-bond acceptors (Lipinski definition) is 5. The lowest BCUT2D eigenvalue weighted by Crippen LogP contribution is -2.41. The molecule has 4 rings (SSSR count). The molecule has 5 nitrogen and oxygen atoms in total. The largest absolute Gasteiger partial charge is 0.496 e. The van der Waals surface area contributed by atoms with Crippen LogP contribution in [0.3, 0.4) is 0 Å². The van der Waals surface area contributed by atoms with Gasteiger partial charge < -0.3 is 13.7 Å². The van der Waals surface area contributed by atoms with Gasteiger partial charge >= 0.3 is 13.3 Å². The van der Waals surface area contributed by atoms with E-state index in [-0.39, 0.29) is 11.6 Å². The molecule has 28 heavy (non-hydrogen) atoms. The minimum atomic E-state index is -4.39. The topological polar surface area (TPSA) is 57.4 Å². The molecule has 1 saturated heterocycles. The molecule has 1 aromatic carbocycles. The summed E-state index contributed by atoms with van der Waals surface area (Å²) >= 11 is 0. The van der Waals surface area contributed by atoms with Crippen LogP contribution >= 0.6 is 0 Å². The molecule has 0 unspecified atom stereocenters. The van der Waals surface area contributed by atoms with E-state index < -0.39 is 30.1 Å². The summed E-state index contributed by atoms with van der Waals surface area (Å²) in [4.78, 5) is 8.61. The summed E-state index contributed by atoms with van der Waals surface area (Å²) in [5, 5.41) is 0. The van der Waals surface area contributed by atoms with E-state index in [0.29, 0.717) is 16.5 Å². The molecule has 9 heteroatoms. The van der Waals surface area contributed by atoms with Crippen LogP contribution in [-0.4, -0.2) is 28.3 Å². The molecule has 0 spiro atoms. The maximum absolute atomic E-state index is 12.7. The molecule has 146 valence electrons. The van der Waals surface area contributed by atoms with Crippen molar-refractivity contribution < 1.29 is 26.9 Å². The fraction of sp³-hybridized carbons (Fsp3) is 0.368. The van der Waals surface area contributed by atoms with E-state index in [1.165, 1.54) is 12.1 Å². The summed E-state index contributed by atoms with van der Waals surface area (Å²) < 4.78 is 55.8. The van der Waals surface area contributed by atoms with Crippen LogP contribution in [0, 0.1) is 0 Å². The van der Waals surface area contributed by atoms with E-state index in [4.69, 9.17) is 13.7 Å². The first-order chi connectivity index (χ1) is 13.0. The van der Waals surface area contributed by atoms with Crippen LogP contribution in [0.15, 0.2) is 40.9 Å². The Hall–Kier alpha value is -2.39. The van der Waals surface area contributed by atoms with Crippen molar-refractivity contribution in [2.75, 3.05) is 0 Å². The lowest BCUT2D eigenvalue weighted by molar-refractivity contribution is -0.137. The van der Waals surface area contributed by atoms with Crippen LogP contribution in [0.1, 0.15) is 33.3 Å². The van der Waals surface area contributed by atoms with Crippen molar-refractivity contribution in [1.29, 1.82) is 0 Å². The molecule has 0 atom stereocenters. The van der Waals surface area contributed by atoms with Gasteiger partial charge in [-0.2, -0.15) is 13.2 Å². The van der Waals surface area contributed by atoms with Gasteiger partial charge in [-0.05, 0) is 58.0 Å². The Labute approximate surface area is 160 Å². The zero-order chi connectivity index (χ0) is 20.3. The van der Waals surface area contributed by atoms with Crippen molar-refractivity contribution in [2.24, 2.45) is 0 Å². The molecule has 0 radical (unpaired) electrons. The highest BCUT2D eigenvalue weighted by molar-refractivity contribution is 6.62. The Kier molecular flexibility index (Phi) is 4.10. The summed E-state index contributed by atoms with van der Waals surface area (Å²) in [7, 11) is -0.590. The minimum Gasteiger partial charge on any atom is -0.418 e. The number of nitrogens with zero attached hydrogens (tertiary/aromatic N) is 2. The summed E-state index contributed by atoms with van der Waals surface area (Å²) in [5.74, 6) is 0.197. The molecule has 0 bridgehead atoms. The zero-order valence-electron chi connectivity index (χ0n) is 15.8. The van der Waals surface area contributed by atoms with Gasteiger partial charge in [-0.1, -0.05) is 0 Å². The first-order valence-corrected chi connectivity index (χ1v) is 8.76. The molecular formula is C19H18BF3N2O3. The van der Waals surface area contributed by atoms with E-state index in [1.807, 2.05) is 27.7 Å². The van der Waals surface area contributed by atoms with Gasteiger partial charge in [-0.3, -0.25) is 0 Å². The van der Waals surface area contributed by atoms with Crippen molar-refractivity contribution in [2.45, 2.75) is 45.1 Å². The molecule has 1 aliphatic rings. The SMILES string of the molecule is CC1(C)OB(c2cnc3oc(-c4ccc(C(F)(F)F)cc4)nc3c2)OC1(C)C. The predicted molar refractivity (Wildman–Crippen MR) is 98.0 cm³/mol. The third-order valence-electron chi connectivity index (χ3n) is 5.25. The van der Waals surface area contributed by atoms with E-state index in [1.54, 1.807) is 12.3 Å². The predicted octanol–water partition coefficient (Wildman–Crippen LogP) is 4.21. The zero-order valence-corrected chi connectivity index (χ0v) is 15.8. The third kappa shape index (κ3) is 3.18. The van der Waals surface area contributed by atoms with Gasteiger partial charge in [0.1, 0.15) is 5.52 Å². The Morgan fingerprint density at radius 3 is 2.14 bits per heavy atom. The summed E-state index contributed by atoms with van der Waals surface area (Å²) in [5.41, 5.74) is 0.191. The van der Waals surface area contributed by atoms with Crippen molar-refractivity contribution in [3.63, 3.8) is 0 Å². The number of halogens is 3. The third-order valence-corrected chi connectivity index (χ3v) is 5.25. The van der Waals surface area contributed by atoms with Crippen molar-refractivity contribution in [3.8, 4) is 11.5 Å². The molecule has 2 aromatic heterocycles. The number of alkyl halides is 3. The molecular weight excluding hydrogens is 372 g/mol. The molecule has 1 aliphatic heterocycles. The number of benzene rings is 1. The highest BCUT2D eigenvalue weighted by Crippen LogP contribution is 2.36. The minimum absolute atomic E-state index is 0.197. The fourth-order valence-corrected chi connectivity index (χ4v) is 2.87. The second-order valence-electron chi connectivity index (χ2n) is 7.78. The van der Waals surface area contributed by atoms with Crippen molar-refractivity contribution in [3.05, 3.63) is 42.1 Å².